The molecule has 1 saturated carbocycles. The van der Waals surface area contributed by atoms with E-state index in [1.807, 2.05) is 13.8 Å². The van der Waals surface area contributed by atoms with Gasteiger partial charge in [0.1, 0.15) is 0 Å². The number of nitrogens with zero attached hydrogens (tertiary/aromatic N) is 1. The van der Waals surface area contributed by atoms with E-state index in [2.05, 4.69) is 4.99 Å². The fourth-order valence-electron chi connectivity index (χ4n) is 2.80. The van der Waals surface area contributed by atoms with E-state index in [9.17, 15) is 9.59 Å². The molecular weight excluding hydrogens is 258 g/mol. The molecule has 0 aliphatic heterocycles. The van der Waals surface area contributed by atoms with Crippen molar-refractivity contribution < 1.29 is 19.1 Å². The summed E-state index contributed by atoms with van der Waals surface area (Å²) in [6, 6.07) is 0.129. The number of rotatable bonds is 5. The average Bonchev–Trinajstić information content (AvgIpc) is 2.46. The zero-order valence-electron chi connectivity index (χ0n) is 12.8. The van der Waals surface area contributed by atoms with Crippen LogP contribution in [0.4, 0.5) is 0 Å². The predicted molar refractivity (Wildman–Crippen MR) is 76.7 cm³/mol. The van der Waals surface area contributed by atoms with E-state index >= 15 is 0 Å². The number of ether oxygens (including phenoxy) is 2. The normalized spacial score (nSPS) is 18.5. The summed E-state index contributed by atoms with van der Waals surface area (Å²) in [6.07, 6.45) is 6.40. The Bertz CT molecular complexity index is 354. The van der Waals surface area contributed by atoms with Crippen LogP contribution in [0.5, 0.6) is 0 Å². The third-order valence-electron chi connectivity index (χ3n) is 3.86. The van der Waals surface area contributed by atoms with Crippen LogP contribution in [-0.4, -0.2) is 38.4 Å². The molecule has 0 atom stereocenters. The van der Waals surface area contributed by atoms with Gasteiger partial charge in [-0.3, -0.25) is 14.6 Å². The first-order valence-electron chi connectivity index (χ1n) is 7.17. The number of hydrogen-bond acceptors (Lipinski definition) is 5. The molecule has 0 aromatic rings. The van der Waals surface area contributed by atoms with Gasteiger partial charge >= 0.3 is 11.9 Å². The van der Waals surface area contributed by atoms with Gasteiger partial charge in [0.2, 0.25) is 0 Å². The van der Waals surface area contributed by atoms with Gasteiger partial charge in [-0.05, 0) is 26.7 Å². The third kappa shape index (κ3) is 3.81. The zero-order chi connectivity index (χ0) is 15.2. The lowest BCUT2D eigenvalue weighted by atomic mass is 9.66. The second kappa shape index (κ2) is 7.41. The fraction of sp³-hybridized carbons (Fsp3) is 0.800. The molecule has 0 radical (unpaired) electrons. The van der Waals surface area contributed by atoms with E-state index in [0.29, 0.717) is 0 Å². The quantitative estimate of drug-likeness (QED) is 0.441. The van der Waals surface area contributed by atoms with Crippen LogP contribution in [0.3, 0.4) is 0 Å². The van der Waals surface area contributed by atoms with Crippen molar-refractivity contribution in [3.05, 3.63) is 0 Å². The van der Waals surface area contributed by atoms with Crippen LogP contribution in [-0.2, 0) is 19.1 Å². The molecule has 0 heterocycles. The van der Waals surface area contributed by atoms with Crippen molar-refractivity contribution in [3.8, 4) is 0 Å². The highest BCUT2D eigenvalue weighted by Crippen LogP contribution is 2.42. The highest BCUT2D eigenvalue weighted by molar-refractivity contribution is 5.99. The molecule has 0 spiro atoms. The van der Waals surface area contributed by atoms with E-state index < -0.39 is 23.3 Å². The van der Waals surface area contributed by atoms with E-state index in [4.69, 9.17) is 9.47 Å². The highest BCUT2D eigenvalue weighted by Gasteiger charge is 2.48. The maximum Gasteiger partial charge on any atom is 0.321 e. The van der Waals surface area contributed by atoms with E-state index in [-0.39, 0.29) is 6.04 Å². The SMILES string of the molecule is COC(=O)C(C(=O)OC)C1(C=NC(C)C)CCCCC1. The van der Waals surface area contributed by atoms with Gasteiger partial charge in [-0.25, -0.2) is 0 Å². The maximum atomic E-state index is 12.1. The van der Waals surface area contributed by atoms with Gasteiger partial charge in [-0.2, -0.15) is 0 Å². The summed E-state index contributed by atoms with van der Waals surface area (Å²) in [7, 11) is 2.60. The van der Waals surface area contributed by atoms with E-state index in [0.717, 1.165) is 32.1 Å². The number of esters is 2. The third-order valence-corrected chi connectivity index (χ3v) is 3.86. The van der Waals surface area contributed by atoms with Crippen LogP contribution in [0.25, 0.3) is 0 Å². The summed E-state index contributed by atoms with van der Waals surface area (Å²) in [5.41, 5.74) is -0.567. The molecule has 1 fully saturated rings. The Kier molecular flexibility index (Phi) is 6.17. The van der Waals surface area contributed by atoms with Crippen molar-refractivity contribution in [1.29, 1.82) is 0 Å². The number of hydrogen-bond donors (Lipinski definition) is 0. The molecule has 0 aromatic heterocycles. The monoisotopic (exact) mass is 283 g/mol. The molecule has 0 aromatic carbocycles. The zero-order valence-corrected chi connectivity index (χ0v) is 12.8. The Morgan fingerprint density at radius 2 is 1.55 bits per heavy atom. The minimum absolute atomic E-state index is 0.129. The van der Waals surface area contributed by atoms with Crippen LogP contribution < -0.4 is 0 Å². The summed E-state index contributed by atoms with van der Waals surface area (Å²) in [5.74, 6) is -1.98. The van der Waals surface area contributed by atoms with Gasteiger partial charge < -0.3 is 9.47 Å². The van der Waals surface area contributed by atoms with Crippen molar-refractivity contribution >= 4 is 18.2 Å². The van der Waals surface area contributed by atoms with Crippen LogP contribution in [0.15, 0.2) is 4.99 Å². The first-order chi connectivity index (χ1) is 9.46. The number of aliphatic imine (C=N–C) groups is 1. The Hall–Kier alpha value is -1.39. The topological polar surface area (TPSA) is 65.0 Å². The van der Waals surface area contributed by atoms with Crippen molar-refractivity contribution in [2.45, 2.75) is 52.0 Å². The molecule has 0 amide bonds. The average molecular weight is 283 g/mol. The van der Waals surface area contributed by atoms with Gasteiger partial charge in [0, 0.05) is 17.7 Å². The maximum absolute atomic E-state index is 12.1. The molecule has 114 valence electrons. The summed E-state index contributed by atoms with van der Waals surface area (Å²) in [5, 5.41) is 0. The van der Waals surface area contributed by atoms with Gasteiger partial charge in [-0.15, -0.1) is 0 Å². The van der Waals surface area contributed by atoms with Gasteiger partial charge in [0.05, 0.1) is 14.2 Å². The van der Waals surface area contributed by atoms with E-state index in [1.54, 1.807) is 6.21 Å². The van der Waals surface area contributed by atoms with Crippen molar-refractivity contribution in [3.63, 3.8) is 0 Å². The molecule has 20 heavy (non-hydrogen) atoms. The standard InChI is InChI=1S/C15H25NO4/c1-11(2)16-10-15(8-6-5-7-9-15)12(13(17)19-3)14(18)20-4/h10-12H,5-9H2,1-4H3. The van der Waals surface area contributed by atoms with Crippen molar-refractivity contribution in [2.75, 3.05) is 14.2 Å². The van der Waals surface area contributed by atoms with E-state index in [1.165, 1.54) is 14.2 Å². The fourth-order valence-corrected chi connectivity index (χ4v) is 2.80. The first kappa shape index (κ1) is 16.7. The molecule has 1 aliphatic rings. The molecule has 1 rings (SSSR count). The molecule has 5 nitrogen and oxygen atoms in total. The first-order valence-corrected chi connectivity index (χ1v) is 7.17. The van der Waals surface area contributed by atoms with Crippen molar-refractivity contribution in [2.24, 2.45) is 16.3 Å². The Labute approximate surface area is 120 Å². The predicted octanol–water partition coefficient (Wildman–Crippen LogP) is 2.38. The van der Waals surface area contributed by atoms with Gasteiger partial charge in [0.25, 0.3) is 0 Å². The number of carbonyl (C=O) groups excluding carboxylic acids is 2. The molecule has 1 aliphatic carbocycles. The van der Waals surface area contributed by atoms with Crippen LogP contribution in [0.1, 0.15) is 46.0 Å². The summed E-state index contributed by atoms with van der Waals surface area (Å²) in [4.78, 5) is 28.6. The van der Waals surface area contributed by atoms with Gasteiger partial charge in [-0.1, -0.05) is 19.3 Å². The molecule has 5 heteroatoms. The Morgan fingerprint density at radius 1 is 1.05 bits per heavy atom. The minimum atomic E-state index is -0.916. The molecular formula is C15H25NO4. The summed E-state index contributed by atoms with van der Waals surface area (Å²) in [6.45, 7) is 3.94. The van der Waals surface area contributed by atoms with Crippen LogP contribution >= 0.6 is 0 Å². The Balaban J connectivity index is 3.16. The summed E-state index contributed by atoms with van der Waals surface area (Å²) < 4.78 is 9.64. The molecule has 0 saturated heterocycles. The minimum Gasteiger partial charge on any atom is -0.468 e. The van der Waals surface area contributed by atoms with Crippen molar-refractivity contribution in [1.82, 2.24) is 0 Å². The second-order valence-corrected chi connectivity index (χ2v) is 5.65. The second-order valence-electron chi connectivity index (χ2n) is 5.65. The smallest absolute Gasteiger partial charge is 0.321 e. The lowest BCUT2D eigenvalue weighted by Gasteiger charge is -2.37. The Morgan fingerprint density at radius 3 is 1.95 bits per heavy atom. The lowest BCUT2D eigenvalue weighted by Crippen LogP contribution is -2.45. The number of carbonyl (C=O) groups is 2. The van der Waals surface area contributed by atoms with Crippen LogP contribution in [0.2, 0.25) is 0 Å². The largest absolute Gasteiger partial charge is 0.468 e. The van der Waals surface area contributed by atoms with Crippen LogP contribution in [0, 0.1) is 11.3 Å². The molecule has 0 unspecified atom stereocenters. The molecule has 0 bridgehead atoms. The summed E-state index contributed by atoms with van der Waals surface area (Å²) >= 11 is 0. The number of methoxy groups -OCH3 is 2. The lowest BCUT2D eigenvalue weighted by molar-refractivity contribution is -0.164. The highest BCUT2D eigenvalue weighted by atomic mass is 16.5. The van der Waals surface area contributed by atoms with Gasteiger partial charge in [0.15, 0.2) is 5.92 Å². The molecule has 0 N–H and O–H groups in total.